The predicted molar refractivity (Wildman–Crippen MR) is 68.1 cm³/mol. The van der Waals surface area contributed by atoms with Crippen molar-refractivity contribution < 1.29 is 4.21 Å². The summed E-state index contributed by atoms with van der Waals surface area (Å²) in [5.74, 6) is 0.610. The molecular weight excluding hydrogens is 220 g/mol. The van der Waals surface area contributed by atoms with E-state index >= 15 is 0 Å². The second-order valence-corrected chi connectivity index (χ2v) is 5.74. The zero-order valence-corrected chi connectivity index (χ0v) is 10.6. The third-order valence-corrected chi connectivity index (χ3v) is 4.45. The monoisotopic (exact) mass is 238 g/mol. The number of nitrogens with zero attached hydrogens (tertiary/aromatic N) is 1. The summed E-state index contributed by atoms with van der Waals surface area (Å²) >= 11 is 0. The first-order chi connectivity index (χ1) is 7.61. The van der Waals surface area contributed by atoms with Gasteiger partial charge in [0.25, 0.3) is 0 Å². The molecule has 1 aromatic rings. The van der Waals surface area contributed by atoms with E-state index in [-0.39, 0.29) is 6.04 Å². The Hall–Kier alpha value is -0.870. The number of benzene rings is 1. The van der Waals surface area contributed by atoms with Crippen LogP contribution in [0.4, 0.5) is 5.69 Å². The second-order valence-electron chi connectivity index (χ2n) is 4.35. The summed E-state index contributed by atoms with van der Waals surface area (Å²) in [5, 5.41) is 0. The van der Waals surface area contributed by atoms with Crippen molar-refractivity contribution in [3.8, 4) is 0 Å². The number of anilines is 1. The van der Waals surface area contributed by atoms with Gasteiger partial charge in [0.1, 0.15) is 0 Å². The number of fused-ring (bicyclic) bond motifs is 1. The van der Waals surface area contributed by atoms with Crippen LogP contribution in [0.25, 0.3) is 0 Å². The standard InChI is InChI=1S/C12H18N2OS/c1-3-10(13)6-9-4-5-11-12(7-9)16(15)8-14(11)2/h4-5,7,10H,3,6,8,13H2,1-2H3. The summed E-state index contributed by atoms with van der Waals surface area (Å²) in [6, 6.07) is 6.39. The highest BCUT2D eigenvalue weighted by Gasteiger charge is 2.22. The minimum Gasteiger partial charge on any atom is -0.361 e. The maximum absolute atomic E-state index is 11.8. The lowest BCUT2D eigenvalue weighted by Gasteiger charge is -2.12. The van der Waals surface area contributed by atoms with Crippen LogP contribution in [-0.4, -0.2) is 23.2 Å². The lowest BCUT2D eigenvalue weighted by atomic mass is 10.0. The first kappa shape index (κ1) is 11.6. The molecule has 2 atom stereocenters. The lowest BCUT2D eigenvalue weighted by Crippen LogP contribution is -2.21. The minimum atomic E-state index is -0.870. The molecule has 1 aliphatic rings. The predicted octanol–water partition coefficient (Wildman–Crippen LogP) is 1.48. The molecule has 1 aromatic carbocycles. The maximum Gasteiger partial charge on any atom is 0.0982 e. The Morgan fingerprint density at radius 3 is 3.00 bits per heavy atom. The zero-order valence-electron chi connectivity index (χ0n) is 9.77. The van der Waals surface area contributed by atoms with Crippen LogP contribution in [0, 0.1) is 0 Å². The Balaban J connectivity index is 2.26. The van der Waals surface area contributed by atoms with Crippen LogP contribution in [0.3, 0.4) is 0 Å². The van der Waals surface area contributed by atoms with E-state index < -0.39 is 10.8 Å². The third kappa shape index (κ3) is 2.13. The number of hydrogen-bond acceptors (Lipinski definition) is 3. The van der Waals surface area contributed by atoms with Gasteiger partial charge < -0.3 is 10.6 Å². The summed E-state index contributed by atoms with van der Waals surface area (Å²) in [7, 11) is 1.10. The van der Waals surface area contributed by atoms with Crippen LogP contribution < -0.4 is 10.6 Å². The van der Waals surface area contributed by atoms with Gasteiger partial charge in [-0.15, -0.1) is 0 Å². The molecule has 1 aliphatic heterocycles. The Labute approximate surface area is 99.1 Å². The molecule has 0 aromatic heterocycles. The van der Waals surface area contributed by atoms with Gasteiger partial charge in [-0.05, 0) is 30.5 Å². The fraction of sp³-hybridized carbons (Fsp3) is 0.500. The molecule has 1 heterocycles. The van der Waals surface area contributed by atoms with Crippen LogP contribution in [0.15, 0.2) is 23.1 Å². The van der Waals surface area contributed by atoms with Crippen molar-refractivity contribution in [3.63, 3.8) is 0 Å². The number of hydrogen-bond donors (Lipinski definition) is 1. The molecule has 0 spiro atoms. The molecule has 88 valence electrons. The summed E-state index contributed by atoms with van der Waals surface area (Å²) in [5.41, 5.74) is 8.21. The van der Waals surface area contributed by atoms with E-state index in [4.69, 9.17) is 5.73 Å². The van der Waals surface area contributed by atoms with Gasteiger partial charge in [0, 0.05) is 13.1 Å². The molecule has 16 heavy (non-hydrogen) atoms. The first-order valence-electron chi connectivity index (χ1n) is 5.60. The highest BCUT2D eigenvalue weighted by Crippen LogP contribution is 2.31. The van der Waals surface area contributed by atoms with E-state index in [9.17, 15) is 4.21 Å². The van der Waals surface area contributed by atoms with Gasteiger partial charge in [-0.25, -0.2) is 0 Å². The molecule has 2 unspecified atom stereocenters. The van der Waals surface area contributed by atoms with Crippen LogP contribution in [-0.2, 0) is 17.2 Å². The fourth-order valence-electron chi connectivity index (χ4n) is 1.95. The van der Waals surface area contributed by atoms with E-state index in [2.05, 4.69) is 19.1 Å². The van der Waals surface area contributed by atoms with Crippen LogP contribution in [0.1, 0.15) is 18.9 Å². The van der Waals surface area contributed by atoms with Crippen molar-refractivity contribution in [2.45, 2.75) is 30.7 Å². The van der Waals surface area contributed by atoms with Gasteiger partial charge in [0.15, 0.2) is 0 Å². The fourth-order valence-corrected chi connectivity index (χ4v) is 3.32. The molecule has 0 saturated carbocycles. The zero-order chi connectivity index (χ0) is 11.7. The van der Waals surface area contributed by atoms with Crippen molar-refractivity contribution in [1.82, 2.24) is 0 Å². The van der Waals surface area contributed by atoms with Gasteiger partial charge >= 0.3 is 0 Å². The summed E-state index contributed by atoms with van der Waals surface area (Å²) in [4.78, 5) is 3.00. The van der Waals surface area contributed by atoms with E-state index in [1.54, 1.807) is 0 Å². The van der Waals surface area contributed by atoms with Crippen molar-refractivity contribution in [1.29, 1.82) is 0 Å². The van der Waals surface area contributed by atoms with Crippen molar-refractivity contribution in [3.05, 3.63) is 23.8 Å². The average Bonchev–Trinajstić information content (AvgIpc) is 2.54. The van der Waals surface area contributed by atoms with Crippen LogP contribution in [0.5, 0.6) is 0 Å². The van der Waals surface area contributed by atoms with E-state index in [0.717, 1.165) is 23.4 Å². The summed E-state index contributed by atoms with van der Waals surface area (Å²) < 4.78 is 11.8. The van der Waals surface area contributed by atoms with Crippen molar-refractivity contribution in [2.24, 2.45) is 5.73 Å². The van der Waals surface area contributed by atoms with Crippen LogP contribution in [0.2, 0.25) is 0 Å². The smallest absolute Gasteiger partial charge is 0.0982 e. The van der Waals surface area contributed by atoms with Crippen LogP contribution >= 0.6 is 0 Å². The highest BCUT2D eigenvalue weighted by molar-refractivity contribution is 7.85. The molecule has 0 amide bonds. The second kappa shape index (κ2) is 4.55. The largest absolute Gasteiger partial charge is 0.361 e. The summed E-state index contributed by atoms with van der Waals surface area (Å²) in [6.45, 7) is 2.09. The molecule has 4 heteroatoms. The van der Waals surface area contributed by atoms with E-state index in [1.165, 1.54) is 5.56 Å². The lowest BCUT2D eigenvalue weighted by molar-refractivity contribution is 0.645. The van der Waals surface area contributed by atoms with Crippen molar-refractivity contribution in [2.75, 3.05) is 17.8 Å². The van der Waals surface area contributed by atoms with E-state index in [1.807, 2.05) is 18.0 Å². The third-order valence-electron chi connectivity index (χ3n) is 3.01. The molecular formula is C12H18N2OS. The van der Waals surface area contributed by atoms with Gasteiger partial charge in [-0.3, -0.25) is 4.21 Å². The molecule has 0 fully saturated rings. The SMILES string of the molecule is CCC(N)Cc1ccc2c(c1)S(=O)CN2C. The molecule has 0 bridgehead atoms. The Kier molecular flexibility index (Phi) is 3.30. The molecule has 0 radical (unpaired) electrons. The van der Waals surface area contributed by atoms with Gasteiger partial charge in [0.05, 0.1) is 27.3 Å². The van der Waals surface area contributed by atoms with Crippen molar-refractivity contribution >= 4 is 16.5 Å². The maximum atomic E-state index is 11.8. The topological polar surface area (TPSA) is 46.3 Å². The molecule has 3 nitrogen and oxygen atoms in total. The quantitative estimate of drug-likeness (QED) is 0.867. The molecule has 0 saturated heterocycles. The van der Waals surface area contributed by atoms with E-state index in [0.29, 0.717) is 5.88 Å². The Morgan fingerprint density at radius 2 is 2.31 bits per heavy atom. The highest BCUT2D eigenvalue weighted by atomic mass is 32.2. The molecule has 2 N–H and O–H groups in total. The van der Waals surface area contributed by atoms with Gasteiger partial charge in [-0.2, -0.15) is 0 Å². The number of rotatable bonds is 3. The minimum absolute atomic E-state index is 0.200. The molecule has 2 rings (SSSR count). The normalized spacial score (nSPS) is 20.9. The van der Waals surface area contributed by atoms with Gasteiger partial charge in [0.2, 0.25) is 0 Å². The first-order valence-corrected chi connectivity index (χ1v) is 6.91. The summed E-state index contributed by atoms with van der Waals surface area (Å²) in [6.07, 6.45) is 1.84. The average molecular weight is 238 g/mol. The Bertz CT molecular complexity index is 419. The Morgan fingerprint density at radius 1 is 1.56 bits per heavy atom. The van der Waals surface area contributed by atoms with Gasteiger partial charge in [-0.1, -0.05) is 13.0 Å². The number of nitrogens with two attached hydrogens (primary N) is 1. The molecule has 0 aliphatic carbocycles.